The topological polar surface area (TPSA) is 101 Å². The van der Waals surface area contributed by atoms with E-state index in [1.807, 2.05) is 51.4 Å². The minimum Gasteiger partial charge on any atom is -0.322 e. The molecule has 158 valence electrons. The highest BCUT2D eigenvalue weighted by molar-refractivity contribution is 6.05. The van der Waals surface area contributed by atoms with Crippen molar-refractivity contribution in [2.24, 2.45) is 7.05 Å². The van der Waals surface area contributed by atoms with Gasteiger partial charge in [-0.05, 0) is 49.2 Å². The smallest absolute Gasteiger partial charge is 0.255 e. The van der Waals surface area contributed by atoms with E-state index in [2.05, 4.69) is 27.3 Å². The molecule has 0 aliphatic rings. The van der Waals surface area contributed by atoms with E-state index in [1.165, 1.54) is 0 Å². The summed E-state index contributed by atoms with van der Waals surface area (Å²) in [5.41, 5.74) is 6.40. The molecule has 8 heteroatoms. The lowest BCUT2D eigenvalue weighted by Crippen LogP contribution is -2.12. The van der Waals surface area contributed by atoms with Crippen LogP contribution in [0.5, 0.6) is 0 Å². The summed E-state index contributed by atoms with van der Waals surface area (Å²) < 4.78 is 3.47. The van der Waals surface area contributed by atoms with E-state index < -0.39 is 0 Å². The fraction of sp³-hybridized carbons (Fsp3) is 0.125. The average Bonchev–Trinajstić information content (AvgIpc) is 3.41. The van der Waals surface area contributed by atoms with Gasteiger partial charge in [-0.2, -0.15) is 10.4 Å². The summed E-state index contributed by atoms with van der Waals surface area (Å²) in [6, 6.07) is 14.4. The van der Waals surface area contributed by atoms with Crippen LogP contribution < -0.4 is 5.32 Å². The third kappa shape index (κ3) is 3.91. The summed E-state index contributed by atoms with van der Waals surface area (Å²) in [5, 5.41) is 24.8. The van der Waals surface area contributed by atoms with Gasteiger partial charge in [0.05, 0.1) is 29.7 Å². The second-order valence-electron chi connectivity index (χ2n) is 7.44. The third-order valence-corrected chi connectivity index (χ3v) is 5.33. The number of aryl methyl sites for hydroxylation is 2. The summed E-state index contributed by atoms with van der Waals surface area (Å²) in [6.45, 7) is 7.64. The lowest BCUT2D eigenvalue weighted by Gasteiger charge is -2.10. The molecule has 4 rings (SSSR count). The molecular weight excluding hydrogens is 402 g/mol. The van der Waals surface area contributed by atoms with E-state index in [9.17, 15) is 4.79 Å². The van der Waals surface area contributed by atoms with Crippen LogP contribution in [0.2, 0.25) is 0 Å². The van der Waals surface area contributed by atoms with Crippen LogP contribution in [-0.2, 0) is 7.05 Å². The van der Waals surface area contributed by atoms with Crippen LogP contribution in [0.3, 0.4) is 0 Å². The van der Waals surface area contributed by atoms with Crippen LogP contribution in [0.1, 0.15) is 27.2 Å². The highest BCUT2D eigenvalue weighted by Gasteiger charge is 2.14. The zero-order valence-electron chi connectivity index (χ0n) is 18.0. The Hall–Kier alpha value is -4.51. The predicted octanol–water partition coefficient (Wildman–Crippen LogP) is 4.07. The monoisotopic (exact) mass is 423 g/mol. The van der Waals surface area contributed by atoms with Crippen molar-refractivity contribution in [3.05, 3.63) is 83.8 Å². The predicted molar refractivity (Wildman–Crippen MR) is 122 cm³/mol. The van der Waals surface area contributed by atoms with Crippen LogP contribution in [-0.4, -0.2) is 30.7 Å². The molecule has 32 heavy (non-hydrogen) atoms. The maximum absolute atomic E-state index is 12.8. The number of hydrogen-bond acceptors (Lipinski definition) is 5. The van der Waals surface area contributed by atoms with Crippen molar-refractivity contribution >= 4 is 17.2 Å². The molecule has 8 nitrogen and oxygen atoms in total. The number of rotatable bonds is 5. The maximum Gasteiger partial charge on any atom is 0.255 e. The first kappa shape index (κ1) is 20.8. The van der Waals surface area contributed by atoms with Gasteiger partial charge < -0.3 is 5.32 Å². The van der Waals surface area contributed by atoms with Crippen LogP contribution in [0, 0.1) is 25.2 Å². The van der Waals surface area contributed by atoms with Gasteiger partial charge in [-0.15, -0.1) is 5.10 Å². The van der Waals surface area contributed by atoms with Gasteiger partial charge in [0.15, 0.2) is 0 Å². The minimum absolute atomic E-state index is 0.280. The molecule has 0 aliphatic carbocycles. The molecule has 2 heterocycles. The second kappa shape index (κ2) is 8.32. The Bertz CT molecular complexity index is 1390. The van der Waals surface area contributed by atoms with Crippen LogP contribution in [0.4, 0.5) is 5.69 Å². The van der Waals surface area contributed by atoms with Crippen molar-refractivity contribution < 1.29 is 4.79 Å². The molecule has 2 aromatic carbocycles. The summed E-state index contributed by atoms with van der Waals surface area (Å²) in [7, 11) is 1.88. The summed E-state index contributed by atoms with van der Waals surface area (Å²) in [5.74, 6) is -0.280. The van der Waals surface area contributed by atoms with Crippen LogP contribution in [0.25, 0.3) is 22.5 Å². The van der Waals surface area contributed by atoms with Gasteiger partial charge >= 0.3 is 0 Å². The fourth-order valence-electron chi connectivity index (χ4n) is 3.31. The number of benzene rings is 2. The third-order valence-electron chi connectivity index (χ3n) is 5.33. The van der Waals surface area contributed by atoms with Gasteiger partial charge in [0.2, 0.25) is 0 Å². The first-order valence-corrected chi connectivity index (χ1v) is 9.90. The van der Waals surface area contributed by atoms with Gasteiger partial charge in [-0.3, -0.25) is 9.48 Å². The highest BCUT2D eigenvalue weighted by Crippen LogP contribution is 2.24. The number of aromatic nitrogens is 5. The van der Waals surface area contributed by atoms with Gasteiger partial charge in [-0.25, -0.2) is 4.68 Å². The number of allylic oxidation sites excluding steroid dienone is 1. The molecule has 1 N–H and O–H groups in total. The zero-order valence-corrected chi connectivity index (χ0v) is 18.0. The molecule has 0 unspecified atom stereocenters. The maximum atomic E-state index is 12.8. The molecule has 0 atom stereocenters. The Morgan fingerprint density at radius 3 is 2.66 bits per heavy atom. The Morgan fingerprint density at radius 1 is 1.16 bits per heavy atom. The van der Waals surface area contributed by atoms with E-state index in [4.69, 9.17) is 5.26 Å². The SMILES string of the molecule is C=C(C#N)c1cccc(C(=O)Nc2ccc(C)c(-n3cc(-c4cnn(C)c4C)nn3)c2)c1. The molecule has 0 aliphatic heterocycles. The molecule has 2 aromatic heterocycles. The number of nitrogens with one attached hydrogen (secondary N) is 1. The first-order valence-electron chi connectivity index (χ1n) is 9.90. The highest BCUT2D eigenvalue weighted by atomic mass is 16.1. The molecule has 0 fully saturated rings. The molecular formula is C24H21N7O. The lowest BCUT2D eigenvalue weighted by atomic mass is 10.0. The van der Waals surface area contributed by atoms with Gasteiger partial charge in [0, 0.05) is 29.6 Å². The van der Waals surface area contributed by atoms with E-state index >= 15 is 0 Å². The van der Waals surface area contributed by atoms with Gasteiger partial charge in [0.1, 0.15) is 5.69 Å². The van der Waals surface area contributed by atoms with Crippen molar-refractivity contribution in [2.75, 3.05) is 5.32 Å². The van der Waals surface area contributed by atoms with Crippen LogP contribution >= 0.6 is 0 Å². The fourth-order valence-corrected chi connectivity index (χ4v) is 3.31. The molecule has 1 amide bonds. The summed E-state index contributed by atoms with van der Waals surface area (Å²) in [6.07, 6.45) is 3.61. The van der Waals surface area contributed by atoms with Crippen molar-refractivity contribution in [1.29, 1.82) is 5.26 Å². The second-order valence-corrected chi connectivity index (χ2v) is 7.44. The Kier molecular flexibility index (Phi) is 5.39. The summed E-state index contributed by atoms with van der Waals surface area (Å²) >= 11 is 0. The van der Waals surface area contributed by atoms with Crippen molar-refractivity contribution in [1.82, 2.24) is 24.8 Å². The quantitative estimate of drug-likeness (QED) is 0.488. The molecule has 0 bridgehead atoms. The van der Waals surface area contributed by atoms with Gasteiger partial charge in [0.25, 0.3) is 5.91 Å². The van der Waals surface area contributed by atoms with E-state index in [1.54, 1.807) is 39.8 Å². The van der Waals surface area contributed by atoms with E-state index in [0.717, 1.165) is 28.2 Å². The number of anilines is 1. The van der Waals surface area contributed by atoms with Crippen molar-refractivity contribution in [3.63, 3.8) is 0 Å². The van der Waals surface area contributed by atoms with Crippen LogP contribution in [0.15, 0.2) is 61.4 Å². The number of carbonyl (C=O) groups is 1. The van der Waals surface area contributed by atoms with Gasteiger partial charge in [-0.1, -0.05) is 30.0 Å². The molecule has 0 saturated heterocycles. The molecule has 0 spiro atoms. The Labute approximate surface area is 185 Å². The minimum atomic E-state index is -0.280. The molecule has 4 aromatic rings. The average molecular weight is 423 g/mol. The first-order chi connectivity index (χ1) is 15.4. The zero-order chi connectivity index (χ0) is 22.8. The van der Waals surface area contributed by atoms with Crippen molar-refractivity contribution in [2.45, 2.75) is 13.8 Å². The Morgan fingerprint density at radius 2 is 1.94 bits per heavy atom. The van der Waals surface area contributed by atoms with E-state index in [0.29, 0.717) is 22.4 Å². The van der Waals surface area contributed by atoms with Crippen molar-refractivity contribution in [3.8, 4) is 23.0 Å². The molecule has 0 saturated carbocycles. The Balaban J connectivity index is 1.60. The number of amides is 1. The largest absolute Gasteiger partial charge is 0.322 e. The normalized spacial score (nSPS) is 10.6. The number of carbonyl (C=O) groups excluding carboxylic acids is 1. The lowest BCUT2D eigenvalue weighted by molar-refractivity contribution is 0.102. The molecule has 0 radical (unpaired) electrons. The number of nitriles is 1. The van der Waals surface area contributed by atoms with E-state index in [-0.39, 0.29) is 5.91 Å². The number of nitrogens with zero attached hydrogens (tertiary/aromatic N) is 6. The summed E-state index contributed by atoms with van der Waals surface area (Å²) in [4.78, 5) is 12.8. The standard InChI is InChI=1S/C24H21N7O/c1-15-8-9-20(27-24(32)19-7-5-6-18(10-19)16(2)12-25)11-23(15)31-14-22(28-29-31)21-13-26-30(4)17(21)3/h5-11,13-14H,2H2,1,3-4H3,(H,27,32). The number of hydrogen-bond donors (Lipinski definition) is 1.